The number of nitrogens with one attached hydrogen (secondary N) is 2. The highest BCUT2D eigenvalue weighted by Gasteiger charge is 2.41. The first-order valence-electron chi connectivity index (χ1n) is 9.25. The van der Waals surface area contributed by atoms with Crippen LogP contribution >= 0.6 is 0 Å². The van der Waals surface area contributed by atoms with Crippen LogP contribution in [0.3, 0.4) is 0 Å². The first-order valence-corrected chi connectivity index (χ1v) is 9.25. The van der Waals surface area contributed by atoms with Crippen LogP contribution in [0.25, 0.3) is 0 Å². The van der Waals surface area contributed by atoms with E-state index in [1.807, 2.05) is 0 Å². The van der Waals surface area contributed by atoms with Gasteiger partial charge in [0.2, 0.25) is 11.8 Å². The number of aromatic nitrogens is 1. The van der Waals surface area contributed by atoms with E-state index in [4.69, 9.17) is 4.74 Å². The maximum atomic E-state index is 12.6. The Hall–Kier alpha value is -2.68. The summed E-state index contributed by atoms with van der Waals surface area (Å²) >= 11 is 0. The Bertz CT molecular complexity index is 764. The summed E-state index contributed by atoms with van der Waals surface area (Å²) in [6.07, 6.45) is 2.85. The molecule has 1 aromatic heterocycles. The predicted molar refractivity (Wildman–Crippen MR) is 95.9 cm³/mol. The van der Waals surface area contributed by atoms with E-state index in [2.05, 4.69) is 15.6 Å². The molecule has 3 aliphatic heterocycles. The number of carbonyl (C=O) groups is 3. The monoisotopic (exact) mass is 373 g/mol. The van der Waals surface area contributed by atoms with E-state index < -0.39 is 5.66 Å². The maximum absolute atomic E-state index is 12.6. The summed E-state index contributed by atoms with van der Waals surface area (Å²) in [6.45, 7) is 2.65. The lowest BCUT2D eigenvalue weighted by Crippen LogP contribution is -2.58. The van der Waals surface area contributed by atoms with Crippen molar-refractivity contribution in [3.05, 3.63) is 23.9 Å². The van der Waals surface area contributed by atoms with Crippen LogP contribution in [0.5, 0.6) is 0 Å². The lowest BCUT2D eigenvalue weighted by Gasteiger charge is -2.39. The van der Waals surface area contributed by atoms with Crippen LogP contribution < -0.4 is 10.6 Å². The maximum Gasteiger partial charge on any atom is 0.256 e. The number of nitrogens with zero attached hydrogens (tertiary/aromatic N) is 3. The Morgan fingerprint density at radius 2 is 2.00 bits per heavy atom. The molecule has 0 aromatic carbocycles. The highest BCUT2D eigenvalue weighted by molar-refractivity contribution is 6.01. The number of ether oxygens (including phenoxy) is 1. The van der Waals surface area contributed by atoms with Crippen LogP contribution in [0.2, 0.25) is 0 Å². The van der Waals surface area contributed by atoms with Gasteiger partial charge in [-0.3, -0.25) is 14.4 Å². The van der Waals surface area contributed by atoms with Gasteiger partial charge in [-0.1, -0.05) is 0 Å². The summed E-state index contributed by atoms with van der Waals surface area (Å²) in [6, 6.07) is 3.43. The molecule has 0 saturated carbocycles. The van der Waals surface area contributed by atoms with E-state index >= 15 is 0 Å². The zero-order valence-electron chi connectivity index (χ0n) is 15.1. The molecule has 1 atom stereocenters. The van der Waals surface area contributed by atoms with Crippen LogP contribution in [0, 0.1) is 0 Å². The molecule has 0 bridgehead atoms. The first-order chi connectivity index (χ1) is 13.1. The number of morpholine rings is 1. The van der Waals surface area contributed by atoms with Gasteiger partial charge in [-0.2, -0.15) is 0 Å². The highest BCUT2D eigenvalue weighted by Crippen LogP contribution is 2.30. The van der Waals surface area contributed by atoms with Gasteiger partial charge in [0.05, 0.1) is 25.3 Å². The molecule has 2 N–H and O–H groups in total. The van der Waals surface area contributed by atoms with E-state index in [0.29, 0.717) is 57.1 Å². The van der Waals surface area contributed by atoms with Crippen molar-refractivity contribution >= 4 is 23.5 Å². The molecule has 1 aromatic rings. The average molecular weight is 373 g/mol. The van der Waals surface area contributed by atoms with Gasteiger partial charge in [0, 0.05) is 38.7 Å². The summed E-state index contributed by atoms with van der Waals surface area (Å²) in [7, 11) is 0. The molecule has 4 heterocycles. The first kappa shape index (κ1) is 17.7. The van der Waals surface area contributed by atoms with Gasteiger partial charge in [0.1, 0.15) is 11.5 Å². The van der Waals surface area contributed by atoms with Gasteiger partial charge in [-0.05, 0) is 18.6 Å². The van der Waals surface area contributed by atoms with Crippen molar-refractivity contribution in [1.29, 1.82) is 0 Å². The molecule has 3 aliphatic rings. The average Bonchev–Trinajstić information content (AvgIpc) is 2.83. The van der Waals surface area contributed by atoms with Crippen molar-refractivity contribution in [2.75, 3.05) is 44.7 Å². The Morgan fingerprint density at radius 1 is 1.19 bits per heavy atom. The molecule has 1 unspecified atom stereocenters. The predicted octanol–water partition coefficient (Wildman–Crippen LogP) is -0.195. The zero-order valence-corrected chi connectivity index (χ0v) is 15.1. The van der Waals surface area contributed by atoms with Gasteiger partial charge in [-0.15, -0.1) is 0 Å². The van der Waals surface area contributed by atoms with Crippen molar-refractivity contribution in [2.24, 2.45) is 0 Å². The molecule has 0 aliphatic carbocycles. The number of carbonyl (C=O) groups excluding carboxylic acids is 3. The lowest BCUT2D eigenvalue weighted by molar-refractivity contribution is -0.142. The minimum absolute atomic E-state index is 0.0600. The fourth-order valence-electron chi connectivity index (χ4n) is 3.78. The largest absolute Gasteiger partial charge is 0.378 e. The summed E-state index contributed by atoms with van der Waals surface area (Å²) in [5.41, 5.74) is -0.219. The molecule has 9 nitrogen and oxygen atoms in total. The van der Waals surface area contributed by atoms with Gasteiger partial charge in [-0.25, -0.2) is 4.98 Å². The lowest BCUT2D eigenvalue weighted by atomic mass is 9.97. The van der Waals surface area contributed by atoms with Crippen LogP contribution in [-0.2, 0) is 14.3 Å². The number of amides is 3. The summed E-state index contributed by atoms with van der Waals surface area (Å²) in [5.74, 6) is 0.209. The molecule has 2 saturated heterocycles. The molecule has 27 heavy (non-hydrogen) atoms. The molecule has 0 radical (unpaired) electrons. The van der Waals surface area contributed by atoms with Gasteiger partial charge >= 0.3 is 0 Å². The third-order valence-corrected chi connectivity index (χ3v) is 5.38. The minimum atomic E-state index is -0.717. The van der Waals surface area contributed by atoms with Crippen molar-refractivity contribution < 1.29 is 19.1 Å². The van der Waals surface area contributed by atoms with Crippen molar-refractivity contribution in [1.82, 2.24) is 20.1 Å². The fraction of sp³-hybridized carbons (Fsp3) is 0.556. The molecular formula is C18H23N5O4. The fourth-order valence-corrected chi connectivity index (χ4v) is 3.78. The van der Waals surface area contributed by atoms with Gasteiger partial charge in [0.25, 0.3) is 5.91 Å². The third-order valence-electron chi connectivity index (χ3n) is 5.38. The topological polar surface area (TPSA) is 104 Å². The second-order valence-corrected chi connectivity index (χ2v) is 7.12. The minimum Gasteiger partial charge on any atom is -0.378 e. The van der Waals surface area contributed by atoms with Gasteiger partial charge < -0.3 is 25.2 Å². The molecule has 1 spiro atoms. The van der Waals surface area contributed by atoms with Crippen LogP contribution in [0.15, 0.2) is 18.3 Å². The number of rotatable bonds is 2. The van der Waals surface area contributed by atoms with Crippen LogP contribution in [0.4, 0.5) is 5.82 Å². The smallest absolute Gasteiger partial charge is 0.256 e. The molecule has 144 valence electrons. The second-order valence-electron chi connectivity index (χ2n) is 7.12. The molecular weight excluding hydrogens is 350 g/mol. The van der Waals surface area contributed by atoms with E-state index in [1.165, 1.54) is 0 Å². The Kier molecular flexibility index (Phi) is 4.69. The number of hydrogen-bond acceptors (Lipinski definition) is 6. The van der Waals surface area contributed by atoms with E-state index in [0.717, 1.165) is 0 Å². The van der Waals surface area contributed by atoms with Crippen molar-refractivity contribution in [3.8, 4) is 0 Å². The molecule has 4 rings (SSSR count). The van der Waals surface area contributed by atoms with Crippen LogP contribution in [-0.4, -0.2) is 77.6 Å². The quantitative estimate of drug-likeness (QED) is 0.744. The number of pyridine rings is 1. The summed E-state index contributed by atoms with van der Waals surface area (Å²) in [5, 5.41) is 6.31. The highest BCUT2D eigenvalue weighted by atomic mass is 16.5. The SMILES string of the molecule is O=C1NC2(CCC(=O)N(CC(=O)N3CCOCC3)CC2)Nc2ncccc21. The Morgan fingerprint density at radius 3 is 2.81 bits per heavy atom. The summed E-state index contributed by atoms with van der Waals surface area (Å²) < 4.78 is 5.27. The zero-order chi connectivity index (χ0) is 18.9. The Balaban J connectivity index is 1.44. The Labute approximate surface area is 157 Å². The molecule has 9 heteroatoms. The van der Waals surface area contributed by atoms with E-state index in [1.54, 1.807) is 28.1 Å². The number of hydrogen-bond donors (Lipinski definition) is 2. The normalized spacial score (nSPS) is 25.5. The number of likely N-dealkylation sites (tertiary alicyclic amines) is 1. The molecule has 2 fully saturated rings. The third kappa shape index (κ3) is 3.59. The van der Waals surface area contributed by atoms with E-state index in [-0.39, 0.29) is 30.7 Å². The van der Waals surface area contributed by atoms with E-state index in [9.17, 15) is 14.4 Å². The standard InChI is InChI=1S/C18H23N5O4/c24-14-3-4-18(20-16-13(17(26)21-18)2-1-6-19-16)5-7-23(14)12-15(25)22-8-10-27-11-9-22/h1-2,6H,3-5,7-12H2,(H,19,20)(H,21,26). The number of anilines is 1. The van der Waals surface area contributed by atoms with Crippen molar-refractivity contribution in [3.63, 3.8) is 0 Å². The number of fused-ring (bicyclic) bond motifs is 1. The summed E-state index contributed by atoms with van der Waals surface area (Å²) in [4.78, 5) is 45.1. The molecule has 3 amide bonds. The van der Waals surface area contributed by atoms with Crippen molar-refractivity contribution in [2.45, 2.75) is 24.9 Å². The van der Waals surface area contributed by atoms with Crippen LogP contribution in [0.1, 0.15) is 29.6 Å². The second kappa shape index (κ2) is 7.15. The van der Waals surface area contributed by atoms with Gasteiger partial charge in [0.15, 0.2) is 0 Å².